The third-order valence-electron chi connectivity index (χ3n) is 24.5. The van der Waals surface area contributed by atoms with Crippen LogP contribution in [-0.2, 0) is 6.42 Å². The van der Waals surface area contributed by atoms with Crippen LogP contribution in [-0.4, -0.2) is 0 Å². The lowest BCUT2D eigenvalue weighted by Crippen LogP contribution is -2.17. The second-order valence-corrected chi connectivity index (χ2v) is 35.3. The van der Waals surface area contributed by atoms with Crippen molar-refractivity contribution in [2.24, 2.45) is 0 Å². The minimum absolute atomic E-state index is 1.04. The summed E-state index contributed by atoms with van der Waals surface area (Å²) >= 11 is 0. The third-order valence-corrected chi connectivity index (χ3v) is 24.5. The van der Waals surface area contributed by atoms with E-state index in [1.54, 1.807) is 0 Å². The normalized spacial score (nSPS) is 11.3. The van der Waals surface area contributed by atoms with Gasteiger partial charge >= 0.3 is 0 Å². The fourth-order valence-corrected chi connectivity index (χ4v) is 19.8. The van der Waals surface area contributed by atoms with E-state index in [4.69, 9.17) is 0 Å². The summed E-state index contributed by atoms with van der Waals surface area (Å²) in [7, 11) is 0. The molecule has 7 nitrogen and oxygen atoms in total. The highest BCUT2D eigenvalue weighted by Gasteiger charge is 2.29. The first-order valence-electron chi connectivity index (χ1n) is 43.9. The quantitative estimate of drug-likeness (QED) is 0.0594. The predicted molar refractivity (Wildman–Crippen MR) is 532 cm³/mol. The van der Waals surface area contributed by atoms with Crippen LogP contribution in [0.15, 0.2) is 279 Å². The van der Waals surface area contributed by atoms with E-state index in [1.807, 2.05) is 0 Å². The van der Waals surface area contributed by atoms with Gasteiger partial charge in [-0.25, -0.2) is 0 Å². The average molecular weight is 1610 g/mol. The van der Waals surface area contributed by atoms with Crippen LogP contribution < -0.4 is 34.3 Å². The Morgan fingerprint density at radius 2 is 0.276 bits per heavy atom. The van der Waals surface area contributed by atoms with Crippen molar-refractivity contribution >= 4 is 119 Å². The Hall–Kier alpha value is -13.1. The van der Waals surface area contributed by atoms with Crippen LogP contribution in [0, 0.1) is 152 Å². The van der Waals surface area contributed by atoms with Gasteiger partial charge in [0, 0.05) is 79.6 Å². The molecule has 0 spiro atoms. The van der Waals surface area contributed by atoms with Gasteiger partial charge in [0.15, 0.2) is 0 Å². The predicted octanol–water partition coefficient (Wildman–Crippen LogP) is 34.1. The number of nitrogens with zero attached hydrogens (tertiary/aromatic N) is 7. The lowest BCUT2D eigenvalue weighted by Gasteiger charge is -2.33. The highest BCUT2D eigenvalue weighted by molar-refractivity contribution is 5.92. The largest absolute Gasteiger partial charge is 0.311 e. The lowest BCUT2D eigenvalue weighted by molar-refractivity contribution is 0.794. The van der Waals surface area contributed by atoms with Crippen LogP contribution in [0.25, 0.3) is 0 Å². The van der Waals surface area contributed by atoms with Gasteiger partial charge in [-0.1, -0.05) is 167 Å². The highest BCUT2D eigenvalue weighted by atomic mass is 15.2. The molecule has 620 valence electrons. The summed E-state index contributed by atoms with van der Waals surface area (Å²) in [5.41, 5.74) is 52.1. The van der Waals surface area contributed by atoms with Crippen molar-refractivity contribution < 1.29 is 0 Å². The van der Waals surface area contributed by atoms with Gasteiger partial charge in [0.05, 0.1) is 39.8 Å². The molecule has 15 aromatic rings. The number of aryl methyl sites for hydroxylation is 23. The molecule has 0 aliphatic heterocycles. The van der Waals surface area contributed by atoms with Gasteiger partial charge in [-0.15, -0.1) is 0 Å². The zero-order chi connectivity index (χ0) is 87.1. The Bertz CT molecular complexity index is 6130. The second kappa shape index (κ2) is 35.5. The van der Waals surface area contributed by atoms with Crippen molar-refractivity contribution in [1.82, 2.24) is 0 Å². The first-order valence-corrected chi connectivity index (χ1v) is 43.9. The van der Waals surface area contributed by atoms with E-state index in [9.17, 15) is 0 Å². The van der Waals surface area contributed by atoms with E-state index in [-0.39, 0.29) is 0 Å². The SMILES string of the molecule is CCCCc1cc(C)c(N(c2ccc(N(c3ccc(N(c4ccc(C)cc4)c4ccc(N(c5ccc(N(c6ccc(C)cc6)c6ccc(N(c7ccc(N(c8c(C)cc(C)cc8C)c8c(C)cc(C)cc8C)cc7)c7c(C)cc(C)cc7C)cc6)cc5)c5c(C)cc(C)cc5C)cc4)cc3)c3c(C)cc(C)cc3C)cc2)c2c(C)cc(C)cc2C)c(C)c1. The van der Waals surface area contributed by atoms with Crippen LogP contribution in [0.2, 0.25) is 0 Å². The Labute approximate surface area is 734 Å². The summed E-state index contributed by atoms with van der Waals surface area (Å²) in [6.07, 6.45) is 3.44. The molecule has 0 bridgehead atoms. The zero-order valence-electron chi connectivity index (χ0n) is 76.8. The number of hydrogen-bond acceptors (Lipinski definition) is 7. The number of unbranched alkanes of at least 4 members (excludes halogenated alkanes) is 1. The lowest BCUT2D eigenvalue weighted by atomic mass is 9.97. The zero-order valence-corrected chi connectivity index (χ0v) is 76.8. The number of anilines is 21. The third kappa shape index (κ3) is 17.5. The van der Waals surface area contributed by atoms with Gasteiger partial charge in [0.25, 0.3) is 0 Å². The average Bonchev–Trinajstić information content (AvgIpc) is 0.760. The minimum atomic E-state index is 1.04. The molecule has 123 heavy (non-hydrogen) atoms. The van der Waals surface area contributed by atoms with Gasteiger partial charge in [0.2, 0.25) is 0 Å². The van der Waals surface area contributed by atoms with Crippen molar-refractivity contribution in [2.45, 2.75) is 179 Å². The molecule has 0 aromatic heterocycles. The topological polar surface area (TPSA) is 22.7 Å². The molecule has 0 heterocycles. The monoisotopic (exact) mass is 1610 g/mol. The molecule has 0 fully saturated rings. The van der Waals surface area contributed by atoms with Gasteiger partial charge in [0.1, 0.15) is 0 Å². The molecule has 0 saturated carbocycles. The summed E-state index contributed by atoms with van der Waals surface area (Å²) in [5.74, 6) is 0. The second-order valence-electron chi connectivity index (χ2n) is 35.3. The molecule has 15 rings (SSSR count). The summed E-state index contributed by atoms with van der Waals surface area (Å²) in [6.45, 7) is 51.4. The molecule has 0 saturated heterocycles. The summed E-state index contributed by atoms with van der Waals surface area (Å²) in [6, 6.07) is 106. The molecular formula is C116H121N7. The maximum Gasteiger partial charge on any atom is 0.0520 e. The van der Waals surface area contributed by atoms with E-state index in [1.165, 1.54) is 175 Å². The van der Waals surface area contributed by atoms with E-state index in [0.717, 1.165) is 91.7 Å². The maximum atomic E-state index is 2.52. The molecule has 0 atom stereocenters. The molecule has 7 heteroatoms. The van der Waals surface area contributed by atoms with Crippen LogP contribution >= 0.6 is 0 Å². The molecule has 0 unspecified atom stereocenters. The van der Waals surface area contributed by atoms with Gasteiger partial charge in [-0.05, 0) is 418 Å². The Kier molecular flexibility index (Phi) is 24.5. The van der Waals surface area contributed by atoms with Crippen molar-refractivity contribution in [3.63, 3.8) is 0 Å². The van der Waals surface area contributed by atoms with Gasteiger partial charge in [-0.2, -0.15) is 0 Å². The van der Waals surface area contributed by atoms with Crippen LogP contribution in [0.3, 0.4) is 0 Å². The van der Waals surface area contributed by atoms with E-state index < -0.39 is 0 Å². The molecular weight excluding hydrogens is 1490 g/mol. The van der Waals surface area contributed by atoms with Gasteiger partial charge < -0.3 is 34.3 Å². The van der Waals surface area contributed by atoms with Crippen LogP contribution in [0.1, 0.15) is 148 Å². The smallest absolute Gasteiger partial charge is 0.0520 e. The fourth-order valence-electron chi connectivity index (χ4n) is 19.8. The molecule has 15 aromatic carbocycles. The van der Waals surface area contributed by atoms with Crippen LogP contribution in [0.4, 0.5) is 119 Å². The number of hydrogen-bond donors (Lipinski definition) is 0. The van der Waals surface area contributed by atoms with Crippen molar-refractivity contribution in [3.05, 3.63) is 407 Å². The van der Waals surface area contributed by atoms with E-state index in [0.29, 0.717) is 0 Å². The number of rotatable bonds is 24. The molecule has 0 aliphatic carbocycles. The Balaban J connectivity index is 0.777. The molecule has 0 amide bonds. The minimum Gasteiger partial charge on any atom is -0.311 e. The van der Waals surface area contributed by atoms with E-state index in [2.05, 4.69) is 473 Å². The molecule has 0 radical (unpaired) electrons. The first-order chi connectivity index (χ1) is 59.0. The molecule has 0 N–H and O–H groups in total. The van der Waals surface area contributed by atoms with Gasteiger partial charge in [-0.3, -0.25) is 0 Å². The number of benzene rings is 15. The summed E-state index contributed by atoms with van der Waals surface area (Å²) in [4.78, 5) is 17.1. The first kappa shape index (κ1) is 84.9. The maximum absolute atomic E-state index is 2.52. The summed E-state index contributed by atoms with van der Waals surface area (Å²) in [5, 5.41) is 0. The standard InChI is InChI=1S/C116H121N7/c1-24-25-26-95-71-93(22)116(94(23)72-95)123(115-91(20)69-80(9)70-92(115)21)109-57-53-107(54-58-109)121(112-85(14)63-77(6)64-86(112)15)105-49-41-101(42-50-105)118(97-33-29-74(3)30-34-97)99-37-45-103(46-38-99)119(110-81(10)59-75(4)60-82(110)11)102-43-35-98(36-44-102)117(96-31-27-73(2)28-32-96)100-39-47-104(48-40-100)120(111-83(12)61-76(5)62-84(111)13)106-51-55-108(56-52-106)122(113-87(16)65-78(7)66-88(113)17)114-89(18)67-79(8)68-90(114)19/h27-72H,24-26H2,1-23H3. The van der Waals surface area contributed by atoms with Crippen molar-refractivity contribution in [3.8, 4) is 0 Å². The van der Waals surface area contributed by atoms with Crippen molar-refractivity contribution in [1.29, 1.82) is 0 Å². The Morgan fingerprint density at radius 3 is 0.439 bits per heavy atom. The van der Waals surface area contributed by atoms with Crippen LogP contribution in [0.5, 0.6) is 0 Å². The molecule has 0 aliphatic rings. The fraction of sp³-hybridized carbons (Fsp3) is 0.224. The van der Waals surface area contributed by atoms with E-state index >= 15 is 0 Å². The summed E-state index contributed by atoms with van der Waals surface area (Å²) < 4.78 is 0. The Morgan fingerprint density at radius 1 is 0.146 bits per heavy atom. The highest BCUT2D eigenvalue weighted by Crippen LogP contribution is 2.51. The van der Waals surface area contributed by atoms with Crippen molar-refractivity contribution in [2.75, 3.05) is 34.3 Å².